The van der Waals surface area contributed by atoms with Gasteiger partial charge in [-0.1, -0.05) is 13.8 Å². The zero-order valence-electron chi connectivity index (χ0n) is 13.9. The summed E-state index contributed by atoms with van der Waals surface area (Å²) in [6, 6.07) is 0. The highest BCUT2D eigenvalue weighted by molar-refractivity contribution is 5.82. The summed E-state index contributed by atoms with van der Waals surface area (Å²) in [6.07, 6.45) is 2.13. The Hall–Kier alpha value is -1.14. The zero-order valence-corrected chi connectivity index (χ0v) is 13.9. The summed E-state index contributed by atoms with van der Waals surface area (Å²) in [5.74, 6) is 0.309. The lowest BCUT2D eigenvalue weighted by atomic mass is 10.2. The first-order valence-electron chi connectivity index (χ1n) is 8.56. The van der Waals surface area contributed by atoms with E-state index in [1.165, 1.54) is 0 Å². The molecule has 0 aromatic carbocycles. The van der Waals surface area contributed by atoms with Gasteiger partial charge in [-0.15, -0.1) is 0 Å². The van der Waals surface area contributed by atoms with Crippen molar-refractivity contribution in [2.45, 2.75) is 39.2 Å². The van der Waals surface area contributed by atoms with Gasteiger partial charge in [-0.2, -0.15) is 0 Å². The van der Waals surface area contributed by atoms with Crippen LogP contribution in [-0.4, -0.2) is 85.0 Å². The fourth-order valence-corrected chi connectivity index (χ4v) is 3.10. The Labute approximate surface area is 133 Å². The van der Waals surface area contributed by atoms with E-state index in [0.717, 1.165) is 32.5 Å². The van der Waals surface area contributed by atoms with Crippen LogP contribution in [0.4, 0.5) is 0 Å². The van der Waals surface area contributed by atoms with Crippen LogP contribution in [0, 0.1) is 0 Å². The number of ether oxygens (including phenoxy) is 1. The molecule has 2 rings (SSSR count). The van der Waals surface area contributed by atoms with Gasteiger partial charge in [0.25, 0.3) is 5.91 Å². The maximum Gasteiger partial charge on any atom is 0.251 e. The highest BCUT2D eigenvalue weighted by atomic mass is 16.5. The SMILES string of the molecule is CCN(CC)CCC(=O)N1CCN(C(=O)C2CCCO2)CC1. The molecule has 6 heteroatoms. The third-order valence-corrected chi connectivity index (χ3v) is 4.69. The molecule has 2 fully saturated rings. The summed E-state index contributed by atoms with van der Waals surface area (Å²) in [5.41, 5.74) is 0. The summed E-state index contributed by atoms with van der Waals surface area (Å²) in [6.45, 7) is 10.3. The average Bonchev–Trinajstić information content (AvgIpc) is 3.09. The predicted molar refractivity (Wildman–Crippen MR) is 84.5 cm³/mol. The summed E-state index contributed by atoms with van der Waals surface area (Å²) < 4.78 is 5.45. The zero-order chi connectivity index (χ0) is 15.9. The molecule has 0 spiro atoms. The van der Waals surface area contributed by atoms with Gasteiger partial charge in [-0.25, -0.2) is 0 Å². The van der Waals surface area contributed by atoms with Crippen LogP contribution in [0.5, 0.6) is 0 Å². The van der Waals surface area contributed by atoms with Gasteiger partial charge in [-0.05, 0) is 25.9 Å². The standard InChI is InChI=1S/C16H29N3O3/c1-3-17(4-2)8-7-15(20)18-9-11-19(12-10-18)16(21)14-6-5-13-22-14/h14H,3-13H2,1-2H3. The topological polar surface area (TPSA) is 53.1 Å². The van der Waals surface area contributed by atoms with E-state index in [-0.39, 0.29) is 17.9 Å². The van der Waals surface area contributed by atoms with Gasteiger partial charge >= 0.3 is 0 Å². The van der Waals surface area contributed by atoms with E-state index < -0.39 is 0 Å². The Bertz CT molecular complexity index is 371. The second kappa shape index (κ2) is 8.48. The van der Waals surface area contributed by atoms with Crippen LogP contribution < -0.4 is 0 Å². The third-order valence-electron chi connectivity index (χ3n) is 4.69. The van der Waals surface area contributed by atoms with Gasteiger partial charge in [0.1, 0.15) is 6.10 Å². The summed E-state index contributed by atoms with van der Waals surface area (Å²) in [4.78, 5) is 30.5. The molecule has 0 aliphatic carbocycles. The van der Waals surface area contributed by atoms with Gasteiger partial charge in [0.05, 0.1) is 0 Å². The van der Waals surface area contributed by atoms with Crippen molar-refractivity contribution in [3.63, 3.8) is 0 Å². The molecule has 2 amide bonds. The Kier molecular flexibility index (Phi) is 6.64. The summed E-state index contributed by atoms with van der Waals surface area (Å²) in [5, 5.41) is 0. The molecular formula is C16H29N3O3. The molecule has 1 unspecified atom stereocenters. The Morgan fingerprint density at radius 2 is 1.73 bits per heavy atom. The first-order valence-corrected chi connectivity index (χ1v) is 8.56. The van der Waals surface area contributed by atoms with Crippen LogP contribution in [0.3, 0.4) is 0 Å². The normalized spacial score (nSPS) is 22.4. The van der Waals surface area contributed by atoms with E-state index in [1.54, 1.807) is 0 Å². The van der Waals surface area contributed by atoms with Crippen molar-refractivity contribution in [1.82, 2.24) is 14.7 Å². The van der Waals surface area contributed by atoms with Crippen LogP contribution in [0.1, 0.15) is 33.1 Å². The van der Waals surface area contributed by atoms with Crippen molar-refractivity contribution in [3.8, 4) is 0 Å². The van der Waals surface area contributed by atoms with E-state index >= 15 is 0 Å². The maximum atomic E-state index is 12.3. The van der Waals surface area contributed by atoms with E-state index in [0.29, 0.717) is 39.2 Å². The Morgan fingerprint density at radius 1 is 1.09 bits per heavy atom. The van der Waals surface area contributed by atoms with E-state index in [1.807, 2.05) is 9.80 Å². The second-order valence-electron chi connectivity index (χ2n) is 5.98. The fourth-order valence-electron chi connectivity index (χ4n) is 3.10. The van der Waals surface area contributed by atoms with Crippen LogP contribution in [0.2, 0.25) is 0 Å². The third kappa shape index (κ3) is 4.43. The van der Waals surface area contributed by atoms with E-state index in [9.17, 15) is 9.59 Å². The molecule has 0 N–H and O–H groups in total. The fraction of sp³-hybridized carbons (Fsp3) is 0.875. The number of hydrogen-bond donors (Lipinski definition) is 0. The highest BCUT2D eigenvalue weighted by Crippen LogP contribution is 2.16. The minimum absolute atomic E-state index is 0.104. The molecule has 2 aliphatic rings. The smallest absolute Gasteiger partial charge is 0.251 e. The van der Waals surface area contributed by atoms with Gasteiger partial charge in [0.15, 0.2) is 0 Å². The Balaban J connectivity index is 1.72. The van der Waals surface area contributed by atoms with Crippen molar-refractivity contribution in [2.75, 3.05) is 52.4 Å². The first kappa shape index (κ1) is 17.2. The van der Waals surface area contributed by atoms with Gasteiger partial charge in [0, 0.05) is 45.8 Å². The molecule has 2 aliphatic heterocycles. The lowest BCUT2D eigenvalue weighted by Gasteiger charge is -2.36. The summed E-state index contributed by atoms with van der Waals surface area (Å²) >= 11 is 0. The van der Waals surface area contributed by atoms with Crippen molar-refractivity contribution in [1.29, 1.82) is 0 Å². The molecule has 0 saturated carbocycles. The number of piperazine rings is 1. The second-order valence-corrected chi connectivity index (χ2v) is 5.98. The number of carbonyl (C=O) groups excluding carboxylic acids is 2. The van der Waals surface area contributed by atoms with Crippen LogP contribution in [0.25, 0.3) is 0 Å². The molecule has 0 bridgehead atoms. The lowest BCUT2D eigenvalue weighted by Crippen LogP contribution is -2.53. The lowest BCUT2D eigenvalue weighted by molar-refractivity contribution is -0.146. The highest BCUT2D eigenvalue weighted by Gasteiger charge is 2.31. The van der Waals surface area contributed by atoms with Gasteiger partial charge < -0.3 is 19.4 Å². The molecule has 22 heavy (non-hydrogen) atoms. The van der Waals surface area contributed by atoms with Crippen molar-refractivity contribution in [3.05, 3.63) is 0 Å². The van der Waals surface area contributed by atoms with Crippen LogP contribution in [0.15, 0.2) is 0 Å². The molecule has 0 aromatic heterocycles. The van der Waals surface area contributed by atoms with Crippen molar-refractivity contribution in [2.24, 2.45) is 0 Å². The van der Waals surface area contributed by atoms with E-state index in [4.69, 9.17) is 4.74 Å². The van der Waals surface area contributed by atoms with Gasteiger partial charge in [0.2, 0.25) is 5.91 Å². The van der Waals surface area contributed by atoms with E-state index in [2.05, 4.69) is 18.7 Å². The molecule has 1 atom stereocenters. The quantitative estimate of drug-likeness (QED) is 0.719. The molecule has 126 valence electrons. The molecule has 0 radical (unpaired) electrons. The molecular weight excluding hydrogens is 282 g/mol. The summed E-state index contributed by atoms with van der Waals surface area (Å²) in [7, 11) is 0. The predicted octanol–water partition coefficient (Wildman–Crippen LogP) is 0.568. The monoisotopic (exact) mass is 311 g/mol. The number of nitrogens with zero attached hydrogens (tertiary/aromatic N) is 3. The number of rotatable bonds is 6. The van der Waals surface area contributed by atoms with Gasteiger partial charge in [-0.3, -0.25) is 9.59 Å². The molecule has 2 saturated heterocycles. The van der Waals surface area contributed by atoms with Crippen LogP contribution >= 0.6 is 0 Å². The minimum atomic E-state index is -0.245. The number of carbonyl (C=O) groups is 2. The number of hydrogen-bond acceptors (Lipinski definition) is 4. The number of amides is 2. The maximum absolute atomic E-state index is 12.3. The first-order chi connectivity index (χ1) is 10.7. The molecule has 6 nitrogen and oxygen atoms in total. The van der Waals surface area contributed by atoms with Crippen molar-refractivity contribution < 1.29 is 14.3 Å². The molecule has 2 heterocycles. The van der Waals surface area contributed by atoms with Crippen LogP contribution in [-0.2, 0) is 14.3 Å². The largest absolute Gasteiger partial charge is 0.368 e. The molecule has 0 aromatic rings. The Morgan fingerprint density at radius 3 is 2.27 bits per heavy atom. The van der Waals surface area contributed by atoms with Crippen molar-refractivity contribution >= 4 is 11.8 Å². The average molecular weight is 311 g/mol. The minimum Gasteiger partial charge on any atom is -0.368 e.